The molecule has 0 aromatic rings. The van der Waals surface area contributed by atoms with Crippen LogP contribution < -0.4 is 5.32 Å². The predicted molar refractivity (Wildman–Crippen MR) is 41.6 cm³/mol. The molecule has 1 N–H and O–H groups in total. The Morgan fingerprint density at radius 2 is 2.07 bits per heavy atom. The van der Waals surface area contributed by atoms with Crippen LogP contribution in [0.2, 0.25) is 0 Å². The van der Waals surface area contributed by atoms with Crippen LogP contribution >= 0.6 is 0 Å². The Bertz CT molecular complexity index is 333. The van der Waals surface area contributed by atoms with E-state index in [9.17, 15) is 21.6 Å². The monoisotopic (exact) mass is 231 g/mol. The van der Waals surface area contributed by atoms with Crippen LogP contribution in [0.3, 0.4) is 0 Å². The highest BCUT2D eigenvalue weighted by Gasteiger charge is 2.48. The van der Waals surface area contributed by atoms with Crippen molar-refractivity contribution in [2.45, 2.75) is 11.9 Å². The largest absolute Gasteiger partial charge is 0.534 e. The van der Waals surface area contributed by atoms with Crippen molar-refractivity contribution in [1.82, 2.24) is 5.32 Å². The van der Waals surface area contributed by atoms with Crippen molar-refractivity contribution in [2.24, 2.45) is 0 Å². The number of hydrogen-bond donors (Lipinski definition) is 1. The molecule has 0 saturated heterocycles. The van der Waals surface area contributed by atoms with Gasteiger partial charge in [-0.05, 0) is 19.0 Å². The topological polar surface area (TPSA) is 55.4 Å². The molecule has 1 rings (SSSR count). The van der Waals surface area contributed by atoms with E-state index in [0.717, 1.165) is 0 Å². The highest BCUT2D eigenvalue weighted by molar-refractivity contribution is 7.87. The summed E-state index contributed by atoms with van der Waals surface area (Å²) < 4.78 is 60.4. The summed E-state index contributed by atoms with van der Waals surface area (Å²) in [6.07, 6.45) is 1.77. The number of rotatable bonds is 2. The molecular weight excluding hydrogens is 223 g/mol. The van der Waals surface area contributed by atoms with Gasteiger partial charge in [-0.3, -0.25) is 0 Å². The Morgan fingerprint density at radius 1 is 1.43 bits per heavy atom. The average molecular weight is 231 g/mol. The minimum Gasteiger partial charge on any atom is -0.380 e. The van der Waals surface area contributed by atoms with Crippen LogP contribution in [-0.2, 0) is 14.3 Å². The van der Waals surface area contributed by atoms with E-state index in [1.807, 2.05) is 0 Å². The third-order valence-electron chi connectivity index (χ3n) is 1.49. The first kappa shape index (κ1) is 11.3. The average Bonchev–Trinajstić information content (AvgIpc) is 2.03. The fourth-order valence-corrected chi connectivity index (χ4v) is 1.37. The number of halogens is 3. The Morgan fingerprint density at radius 3 is 2.50 bits per heavy atom. The number of alkyl halides is 3. The van der Waals surface area contributed by atoms with E-state index >= 15 is 0 Å². The standard InChI is InChI=1S/C6H8F3NO3S/c7-6(8,9)14(11,12)13-5-2-1-3-10-4-5/h2,10H,1,3-4H2. The van der Waals surface area contributed by atoms with Crippen molar-refractivity contribution in [3.8, 4) is 0 Å². The molecule has 0 amide bonds. The van der Waals surface area contributed by atoms with Crippen molar-refractivity contribution in [3.05, 3.63) is 11.8 Å². The Balaban J connectivity index is 2.73. The minimum absolute atomic E-state index is 0.00465. The van der Waals surface area contributed by atoms with Crippen molar-refractivity contribution < 1.29 is 25.8 Å². The molecule has 0 aromatic heterocycles. The smallest absolute Gasteiger partial charge is 0.380 e. The summed E-state index contributed by atoms with van der Waals surface area (Å²) >= 11 is 0. The van der Waals surface area contributed by atoms with E-state index in [4.69, 9.17) is 0 Å². The van der Waals surface area contributed by atoms with Crippen LogP contribution in [0.5, 0.6) is 0 Å². The summed E-state index contributed by atoms with van der Waals surface area (Å²) in [6, 6.07) is 0. The Hall–Kier alpha value is -0.760. The fourth-order valence-electron chi connectivity index (χ4n) is 0.871. The number of hydrogen-bond acceptors (Lipinski definition) is 4. The van der Waals surface area contributed by atoms with Crippen molar-refractivity contribution >= 4 is 10.1 Å². The van der Waals surface area contributed by atoms with Crippen LogP contribution in [-0.4, -0.2) is 27.0 Å². The van der Waals surface area contributed by atoms with Gasteiger partial charge in [0.1, 0.15) is 5.76 Å². The molecule has 0 saturated carbocycles. The van der Waals surface area contributed by atoms with Gasteiger partial charge in [0, 0.05) is 0 Å². The SMILES string of the molecule is O=S(=O)(OC1=CCCNC1)C(F)(F)F. The van der Waals surface area contributed by atoms with Gasteiger partial charge in [0.25, 0.3) is 0 Å². The highest BCUT2D eigenvalue weighted by atomic mass is 32.2. The van der Waals surface area contributed by atoms with Gasteiger partial charge in [-0.15, -0.1) is 0 Å². The van der Waals surface area contributed by atoms with Gasteiger partial charge in [-0.25, -0.2) is 0 Å². The van der Waals surface area contributed by atoms with Gasteiger partial charge < -0.3 is 9.50 Å². The second kappa shape index (κ2) is 3.77. The zero-order chi connectivity index (χ0) is 10.8. The van der Waals surface area contributed by atoms with Crippen LogP contribution in [0.25, 0.3) is 0 Å². The first-order valence-electron chi connectivity index (χ1n) is 3.73. The zero-order valence-electron chi connectivity index (χ0n) is 6.97. The second-order valence-electron chi connectivity index (χ2n) is 2.62. The van der Waals surface area contributed by atoms with Crippen molar-refractivity contribution in [2.75, 3.05) is 13.1 Å². The van der Waals surface area contributed by atoms with E-state index in [1.54, 1.807) is 0 Å². The van der Waals surface area contributed by atoms with Crippen LogP contribution in [0.4, 0.5) is 13.2 Å². The molecular formula is C6H8F3NO3S. The maximum absolute atomic E-state index is 11.8. The maximum atomic E-state index is 11.8. The fraction of sp³-hybridized carbons (Fsp3) is 0.667. The predicted octanol–water partition coefficient (Wildman–Crippen LogP) is 0.730. The van der Waals surface area contributed by atoms with E-state index in [2.05, 4.69) is 9.50 Å². The minimum atomic E-state index is -5.51. The van der Waals surface area contributed by atoms with E-state index in [-0.39, 0.29) is 12.3 Å². The van der Waals surface area contributed by atoms with Gasteiger partial charge in [-0.1, -0.05) is 0 Å². The molecule has 0 unspecified atom stereocenters. The lowest BCUT2D eigenvalue weighted by Gasteiger charge is -2.15. The first-order valence-corrected chi connectivity index (χ1v) is 5.14. The van der Waals surface area contributed by atoms with Gasteiger partial charge in [0.05, 0.1) is 6.54 Å². The lowest BCUT2D eigenvalue weighted by molar-refractivity contribution is -0.0523. The summed E-state index contributed by atoms with van der Waals surface area (Å²) in [7, 11) is -5.51. The molecule has 1 aliphatic rings. The quantitative estimate of drug-likeness (QED) is 0.562. The third-order valence-corrected chi connectivity index (χ3v) is 2.49. The van der Waals surface area contributed by atoms with Crippen LogP contribution in [0, 0.1) is 0 Å². The van der Waals surface area contributed by atoms with Gasteiger partial charge >= 0.3 is 15.6 Å². The summed E-state index contributed by atoms with van der Waals surface area (Å²) in [5.41, 5.74) is -5.37. The molecule has 1 aliphatic heterocycles. The molecule has 8 heteroatoms. The first-order chi connectivity index (χ1) is 6.33. The Kier molecular flexibility index (Phi) is 3.05. The van der Waals surface area contributed by atoms with E-state index in [0.29, 0.717) is 13.0 Å². The molecule has 4 nitrogen and oxygen atoms in total. The lowest BCUT2D eigenvalue weighted by atomic mass is 10.3. The van der Waals surface area contributed by atoms with E-state index in [1.165, 1.54) is 6.08 Å². The normalized spacial score (nSPS) is 18.9. The zero-order valence-corrected chi connectivity index (χ0v) is 7.78. The molecule has 0 spiro atoms. The molecule has 0 fully saturated rings. The van der Waals surface area contributed by atoms with Crippen LogP contribution in [0.1, 0.15) is 6.42 Å². The molecule has 0 aliphatic carbocycles. The van der Waals surface area contributed by atoms with Crippen molar-refractivity contribution in [3.63, 3.8) is 0 Å². The van der Waals surface area contributed by atoms with Gasteiger partial charge in [0.15, 0.2) is 0 Å². The summed E-state index contributed by atoms with van der Waals surface area (Å²) in [4.78, 5) is 0. The molecule has 0 atom stereocenters. The van der Waals surface area contributed by atoms with E-state index < -0.39 is 15.6 Å². The van der Waals surface area contributed by atoms with Crippen molar-refractivity contribution in [1.29, 1.82) is 0 Å². The molecule has 0 radical (unpaired) electrons. The summed E-state index contributed by atoms with van der Waals surface area (Å²) in [5, 5.41) is 2.68. The van der Waals surface area contributed by atoms with Crippen LogP contribution in [0.15, 0.2) is 11.8 Å². The van der Waals surface area contributed by atoms with Gasteiger partial charge in [0.2, 0.25) is 0 Å². The summed E-state index contributed by atoms with van der Waals surface area (Å²) in [5.74, 6) is -0.214. The highest BCUT2D eigenvalue weighted by Crippen LogP contribution is 2.26. The molecule has 1 heterocycles. The third kappa shape index (κ3) is 2.61. The molecule has 82 valence electrons. The maximum Gasteiger partial charge on any atom is 0.534 e. The Labute approximate surface area is 78.9 Å². The number of nitrogens with one attached hydrogen (secondary N) is 1. The molecule has 0 aromatic carbocycles. The second-order valence-corrected chi connectivity index (χ2v) is 4.16. The molecule has 14 heavy (non-hydrogen) atoms. The van der Waals surface area contributed by atoms with Gasteiger partial charge in [-0.2, -0.15) is 21.6 Å². The molecule has 0 bridgehead atoms. The lowest BCUT2D eigenvalue weighted by Crippen LogP contribution is -2.30. The summed E-state index contributed by atoms with van der Waals surface area (Å²) in [6.45, 7) is 0.592.